The van der Waals surface area contributed by atoms with Gasteiger partial charge in [-0.25, -0.2) is 0 Å². The van der Waals surface area contributed by atoms with E-state index in [2.05, 4.69) is 35.0 Å². The van der Waals surface area contributed by atoms with E-state index >= 15 is 0 Å². The van der Waals surface area contributed by atoms with E-state index in [0.29, 0.717) is 0 Å². The van der Waals surface area contributed by atoms with Gasteiger partial charge in [0, 0.05) is 18.0 Å². The molecule has 1 heterocycles. The molecular weight excluding hydrogens is 254 g/mol. The van der Waals surface area contributed by atoms with Gasteiger partial charge in [0.2, 0.25) is 0 Å². The highest BCUT2D eigenvalue weighted by Crippen LogP contribution is 2.12. The highest BCUT2D eigenvalue weighted by Gasteiger charge is 1.95. The van der Waals surface area contributed by atoms with Crippen LogP contribution in [0.2, 0.25) is 0 Å². The summed E-state index contributed by atoms with van der Waals surface area (Å²) in [5, 5.41) is 5.51. The fourth-order valence-electron chi connectivity index (χ4n) is 1.49. The molecule has 4 heteroatoms. The van der Waals surface area contributed by atoms with Crippen LogP contribution < -0.4 is 10.1 Å². The van der Waals surface area contributed by atoms with Gasteiger partial charge in [-0.05, 0) is 29.1 Å². The average Bonchev–Trinajstić information content (AvgIpc) is 2.83. The van der Waals surface area contributed by atoms with E-state index in [-0.39, 0.29) is 12.4 Å². The van der Waals surface area contributed by atoms with Crippen LogP contribution in [-0.4, -0.2) is 7.11 Å². The number of hydrogen-bond acceptors (Lipinski definition) is 3. The van der Waals surface area contributed by atoms with Crippen molar-refractivity contribution in [2.24, 2.45) is 0 Å². The SMILES string of the molecule is COc1ccc(CNCc2cccs2)cc1.Cl. The molecule has 0 atom stereocenters. The van der Waals surface area contributed by atoms with E-state index in [1.807, 2.05) is 12.1 Å². The Morgan fingerprint density at radius 1 is 1.12 bits per heavy atom. The highest BCUT2D eigenvalue weighted by atomic mass is 35.5. The Kier molecular flexibility index (Phi) is 6.05. The van der Waals surface area contributed by atoms with E-state index in [1.165, 1.54) is 10.4 Å². The summed E-state index contributed by atoms with van der Waals surface area (Å²) in [4.78, 5) is 1.37. The minimum absolute atomic E-state index is 0. The molecule has 0 saturated carbocycles. The minimum atomic E-state index is 0. The molecule has 0 aliphatic carbocycles. The first-order valence-electron chi connectivity index (χ1n) is 5.24. The van der Waals surface area contributed by atoms with Crippen LogP contribution in [0.4, 0.5) is 0 Å². The maximum atomic E-state index is 5.11. The van der Waals surface area contributed by atoms with Crippen molar-refractivity contribution in [2.45, 2.75) is 13.1 Å². The van der Waals surface area contributed by atoms with Crippen LogP contribution in [0.3, 0.4) is 0 Å². The smallest absolute Gasteiger partial charge is 0.118 e. The molecule has 0 spiro atoms. The fraction of sp³-hybridized carbons (Fsp3) is 0.231. The van der Waals surface area contributed by atoms with Crippen molar-refractivity contribution >= 4 is 23.7 Å². The van der Waals surface area contributed by atoms with Crippen molar-refractivity contribution < 1.29 is 4.74 Å². The van der Waals surface area contributed by atoms with E-state index in [4.69, 9.17) is 4.74 Å². The van der Waals surface area contributed by atoms with Gasteiger partial charge in [0.05, 0.1) is 7.11 Å². The first-order valence-corrected chi connectivity index (χ1v) is 6.12. The number of hydrogen-bond donors (Lipinski definition) is 1. The summed E-state index contributed by atoms with van der Waals surface area (Å²) in [7, 11) is 1.68. The van der Waals surface area contributed by atoms with Gasteiger partial charge in [0.1, 0.15) is 5.75 Å². The van der Waals surface area contributed by atoms with Crippen molar-refractivity contribution in [2.75, 3.05) is 7.11 Å². The minimum Gasteiger partial charge on any atom is -0.497 e. The van der Waals surface area contributed by atoms with Crippen LogP contribution >= 0.6 is 23.7 Å². The largest absolute Gasteiger partial charge is 0.497 e. The normalized spacial score (nSPS) is 9.71. The summed E-state index contributed by atoms with van der Waals surface area (Å²) in [6, 6.07) is 12.4. The first kappa shape index (κ1) is 14.0. The fourth-order valence-corrected chi connectivity index (χ4v) is 2.16. The quantitative estimate of drug-likeness (QED) is 0.897. The van der Waals surface area contributed by atoms with Gasteiger partial charge >= 0.3 is 0 Å². The van der Waals surface area contributed by atoms with Crippen molar-refractivity contribution in [1.29, 1.82) is 0 Å². The van der Waals surface area contributed by atoms with Gasteiger partial charge in [0.25, 0.3) is 0 Å². The molecule has 2 rings (SSSR count). The molecule has 17 heavy (non-hydrogen) atoms. The molecule has 1 aromatic heterocycles. The Labute approximate surface area is 112 Å². The molecule has 0 radical (unpaired) electrons. The molecule has 2 nitrogen and oxygen atoms in total. The van der Waals surface area contributed by atoms with E-state index in [9.17, 15) is 0 Å². The van der Waals surface area contributed by atoms with Crippen molar-refractivity contribution in [3.63, 3.8) is 0 Å². The average molecular weight is 270 g/mol. The Morgan fingerprint density at radius 3 is 2.47 bits per heavy atom. The zero-order valence-corrected chi connectivity index (χ0v) is 11.3. The number of rotatable bonds is 5. The Morgan fingerprint density at radius 2 is 1.88 bits per heavy atom. The molecule has 0 amide bonds. The number of nitrogens with one attached hydrogen (secondary N) is 1. The number of benzene rings is 1. The van der Waals surface area contributed by atoms with Crippen LogP contribution in [0.5, 0.6) is 5.75 Å². The van der Waals surface area contributed by atoms with E-state index in [0.717, 1.165) is 18.8 Å². The lowest BCUT2D eigenvalue weighted by Crippen LogP contribution is -2.11. The lowest BCUT2D eigenvalue weighted by atomic mass is 10.2. The van der Waals surface area contributed by atoms with Crippen molar-refractivity contribution in [3.05, 3.63) is 52.2 Å². The van der Waals surface area contributed by atoms with Gasteiger partial charge < -0.3 is 10.1 Å². The zero-order valence-electron chi connectivity index (χ0n) is 9.68. The monoisotopic (exact) mass is 269 g/mol. The van der Waals surface area contributed by atoms with Gasteiger partial charge in [-0.1, -0.05) is 18.2 Å². The van der Waals surface area contributed by atoms with Gasteiger partial charge in [-0.2, -0.15) is 0 Å². The molecule has 1 aromatic carbocycles. The van der Waals surface area contributed by atoms with Crippen LogP contribution in [-0.2, 0) is 13.1 Å². The van der Waals surface area contributed by atoms with Crippen molar-refractivity contribution in [1.82, 2.24) is 5.32 Å². The van der Waals surface area contributed by atoms with E-state index in [1.54, 1.807) is 18.4 Å². The predicted molar refractivity (Wildman–Crippen MR) is 75.1 cm³/mol. The Hall–Kier alpha value is -1.03. The third kappa shape index (κ3) is 4.38. The summed E-state index contributed by atoms with van der Waals surface area (Å²) in [5.41, 5.74) is 1.28. The number of methoxy groups -OCH3 is 1. The highest BCUT2D eigenvalue weighted by molar-refractivity contribution is 7.09. The summed E-state index contributed by atoms with van der Waals surface area (Å²) in [6.45, 7) is 1.82. The summed E-state index contributed by atoms with van der Waals surface area (Å²) in [6.07, 6.45) is 0. The summed E-state index contributed by atoms with van der Waals surface area (Å²) < 4.78 is 5.11. The third-order valence-electron chi connectivity index (χ3n) is 2.37. The first-order chi connectivity index (χ1) is 7.88. The van der Waals surface area contributed by atoms with Crippen LogP contribution in [0.25, 0.3) is 0 Å². The second-order valence-electron chi connectivity index (χ2n) is 3.53. The van der Waals surface area contributed by atoms with Crippen LogP contribution in [0, 0.1) is 0 Å². The predicted octanol–water partition coefficient (Wildman–Crippen LogP) is 3.47. The molecule has 0 bridgehead atoms. The molecule has 2 aromatic rings. The topological polar surface area (TPSA) is 21.3 Å². The van der Waals surface area contributed by atoms with Gasteiger partial charge in [-0.3, -0.25) is 0 Å². The van der Waals surface area contributed by atoms with Gasteiger partial charge in [0.15, 0.2) is 0 Å². The van der Waals surface area contributed by atoms with Gasteiger partial charge in [-0.15, -0.1) is 23.7 Å². The Balaban J connectivity index is 0.00000144. The second-order valence-corrected chi connectivity index (χ2v) is 4.56. The standard InChI is InChI=1S/C13H15NOS.ClH/c1-15-12-6-4-11(5-7-12)9-14-10-13-3-2-8-16-13;/h2-8,14H,9-10H2,1H3;1H. The van der Waals surface area contributed by atoms with Crippen LogP contribution in [0.1, 0.15) is 10.4 Å². The maximum Gasteiger partial charge on any atom is 0.118 e. The van der Waals surface area contributed by atoms with Crippen LogP contribution in [0.15, 0.2) is 41.8 Å². The third-order valence-corrected chi connectivity index (χ3v) is 3.24. The number of ether oxygens (including phenoxy) is 1. The number of halogens is 1. The molecule has 0 aliphatic rings. The summed E-state index contributed by atoms with van der Waals surface area (Å²) in [5.74, 6) is 0.905. The summed E-state index contributed by atoms with van der Waals surface area (Å²) >= 11 is 1.78. The molecule has 92 valence electrons. The molecule has 0 aliphatic heterocycles. The molecule has 0 saturated heterocycles. The number of thiophene rings is 1. The second kappa shape index (κ2) is 7.33. The van der Waals surface area contributed by atoms with Crippen molar-refractivity contribution in [3.8, 4) is 5.75 Å². The maximum absolute atomic E-state index is 5.11. The molecule has 0 unspecified atom stereocenters. The Bertz CT molecular complexity index is 413. The molecule has 1 N–H and O–H groups in total. The lowest BCUT2D eigenvalue weighted by molar-refractivity contribution is 0.414. The zero-order chi connectivity index (χ0) is 11.2. The van der Waals surface area contributed by atoms with E-state index < -0.39 is 0 Å². The molecule has 0 fully saturated rings. The molecular formula is C13H16ClNOS. The lowest BCUT2D eigenvalue weighted by Gasteiger charge is -2.04.